The number of rotatable bonds is 6. The molecule has 4 heteroatoms. The van der Waals surface area contributed by atoms with Gasteiger partial charge in [-0.1, -0.05) is 25.1 Å². The molecule has 2 rings (SSSR count). The van der Waals surface area contributed by atoms with E-state index in [9.17, 15) is 9.18 Å². The van der Waals surface area contributed by atoms with Gasteiger partial charge in [0.1, 0.15) is 5.82 Å². The average Bonchev–Trinajstić information content (AvgIpc) is 2.86. The van der Waals surface area contributed by atoms with Crippen LogP contribution in [0.3, 0.4) is 0 Å². The summed E-state index contributed by atoms with van der Waals surface area (Å²) in [4.78, 5) is 14.3. The normalized spacial score (nSPS) is 21.8. The van der Waals surface area contributed by atoms with E-state index in [1.165, 1.54) is 6.07 Å². The van der Waals surface area contributed by atoms with E-state index < -0.39 is 0 Å². The molecule has 1 heterocycles. The van der Waals surface area contributed by atoms with Gasteiger partial charge in [-0.25, -0.2) is 4.39 Å². The summed E-state index contributed by atoms with van der Waals surface area (Å²) in [6, 6.07) is 6.68. The molecular formula is C17H24FNO2. The standard InChI is InChI=1S/C17H24FNO2/c1-13-11-16(14-7-3-4-8-15(14)18)19(12-13)17(20)9-5-6-10-21-2/h3-4,7-8,13,16H,5-6,9-12H2,1-2H3/t13-,16-/m1/s1. The number of methoxy groups -OCH3 is 1. The zero-order valence-electron chi connectivity index (χ0n) is 12.8. The van der Waals surface area contributed by atoms with Gasteiger partial charge in [0, 0.05) is 32.2 Å². The van der Waals surface area contributed by atoms with Crippen molar-refractivity contribution in [3.05, 3.63) is 35.6 Å². The lowest BCUT2D eigenvalue weighted by Gasteiger charge is -2.25. The van der Waals surface area contributed by atoms with Crippen LogP contribution in [0.1, 0.15) is 44.2 Å². The molecule has 1 aliphatic rings. The van der Waals surface area contributed by atoms with Crippen molar-refractivity contribution in [3.63, 3.8) is 0 Å². The molecule has 1 amide bonds. The molecule has 1 aliphatic heterocycles. The van der Waals surface area contributed by atoms with E-state index in [0.29, 0.717) is 24.5 Å². The second kappa shape index (κ2) is 7.55. The first-order chi connectivity index (χ1) is 10.1. The average molecular weight is 293 g/mol. The Labute approximate surface area is 126 Å². The van der Waals surface area contributed by atoms with Crippen LogP contribution in [0.2, 0.25) is 0 Å². The fourth-order valence-electron chi connectivity index (χ4n) is 3.03. The molecule has 1 aromatic carbocycles. The number of carbonyl (C=O) groups is 1. The maximum absolute atomic E-state index is 14.0. The van der Waals surface area contributed by atoms with E-state index in [0.717, 1.165) is 25.8 Å². The molecule has 1 aromatic rings. The lowest BCUT2D eigenvalue weighted by Crippen LogP contribution is -2.31. The van der Waals surface area contributed by atoms with Crippen molar-refractivity contribution >= 4 is 5.91 Å². The van der Waals surface area contributed by atoms with Gasteiger partial charge in [-0.2, -0.15) is 0 Å². The van der Waals surface area contributed by atoms with Crippen LogP contribution in [0, 0.1) is 11.7 Å². The Balaban J connectivity index is 2.03. The van der Waals surface area contributed by atoms with Crippen molar-refractivity contribution in [2.45, 2.75) is 38.6 Å². The largest absolute Gasteiger partial charge is 0.385 e. The number of carbonyl (C=O) groups excluding carboxylic acids is 1. The van der Waals surface area contributed by atoms with E-state index in [2.05, 4.69) is 6.92 Å². The minimum Gasteiger partial charge on any atom is -0.385 e. The summed E-state index contributed by atoms with van der Waals surface area (Å²) in [7, 11) is 1.66. The third kappa shape index (κ3) is 4.03. The molecule has 0 aliphatic carbocycles. The van der Waals surface area contributed by atoms with Crippen LogP contribution in [0.4, 0.5) is 4.39 Å². The first kappa shape index (κ1) is 16.0. The third-order valence-corrected chi connectivity index (χ3v) is 4.08. The Morgan fingerprint density at radius 3 is 2.86 bits per heavy atom. The number of amides is 1. The molecule has 2 atom stereocenters. The SMILES string of the molecule is COCCCCC(=O)N1C[C@H](C)C[C@@H]1c1ccccc1F. The van der Waals surface area contributed by atoms with Gasteiger partial charge in [0.15, 0.2) is 0 Å². The Kier molecular flexibility index (Phi) is 5.74. The Hall–Kier alpha value is -1.42. The maximum atomic E-state index is 14.0. The van der Waals surface area contributed by atoms with Crippen LogP contribution in [0.15, 0.2) is 24.3 Å². The highest BCUT2D eigenvalue weighted by Crippen LogP contribution is 2.36. The van der Waals surface area contributed by atoms with Gasteiger partial charge < -0.3 is 9.64 Å². The maximum Gasteiger partial charge on any atom is 0.223 e. The molecular weight excluding hydrogens is 269 g/mol. The first-order valence-electron chi connectivity index (χ1n) is 7.66. The Bertz CT molecular complexity index is 478. The van der Waals surface area contributed by atoms with Gasteiger partial charge in [0.05, 0.1) is 6.04 Å². The van der Waals surface area contributed by atoms with Gasteiger partial charge in [-0.05, 0) is 31.2 Å². The third-order valence-electron chi connectivity index (χ3n) is 4.08. The topological polar surface area (TPSA) is 29.5 Å². The molecule has 21 heavy (non-hydrogen) atoms. The monoisotopic (exact) mass is 293 g/mol. The highest BCUT2D eigenvalue weighted by atomic mass is 19.1. The van der Waals surface area contributed by atoms with Gasteiger partial charge in [-0.3, -0.25) is 4.79 Å². The number of hydrogen-bond acceptors (Lipinski definition) is 2. The van der Waals surface area contributed by atoms with E-state index in [4.69, 9.17) is 4.74 Å². The number of ether oxygens (including phenoxy) is 1. The van der Waals surface area contributed by atoms with Crippen LogP contribution in [-0.2, 0) is 9.53 Å². The smallest absolute Gasteiger partial charge is 0.223 e. The number of benzene rings is 1. The van der Waals surface area contributed by atoms with Crippen LogP contribution in [0.5, 0.6) is 0 Å². The number of hydrogen-bond donors (Lipinski definition) is 0. The minimum absolute atomic E-state index is 0.115. The molecule has 0 saturated carbocycles. The summed E-state index contributed by atoms with van der Waals surface area (Å²) in [6.07, 6.45) is 3.06. The molecule has 116 valence electrons. The molecule has 0 aromatic heterocycles. The van der Waals surface area contributed by atoms with E-state index in [1.807, 2.05) is 11.0 Å². The molecule has 0 bridgehead atoms. The van der Waals surface area contributed by atoms with E-state index in [1.54, 1.807) is 19.2 Å². The van der Waals surface area contributed by atoms with Crippen molar-refractivity contribution in [2.24, 2.45) is 5.92 Å². The lowest BCUT2D eigenvalue weighted by molar-refractivity contribution is -0.132. The Morgan fingerprint density at radius 1 is 1.38 bits per heavy atom. The van der Waals surface area contributed by atoms with Crippen molar-refractivity contribution in [1.29, 1.82) is 0 Å². The fraction of sp³-hybridized carbons (Fsp3) is 0.588. The summed E-state index contributed by atoms with van der Waals surface area (Å²) in [5.41, 5.74) is 0.645. The summed E-state index contributed by atoms with van der Waals surface area (Å²) in [6.45, 7) is 3.52. The summed E-state index contributed by atoms with van der Waals surface area (Å²) in [5.74, 6) is 0.329. The fourth-order valence-corrected chi connectivity index (χ4v) is 3.03. The molecule has 1 fully saturated rings. The highest BCUT2D eigenvalue weighted by Gasteiger charge is 2.34. The molecule has 1 saturated heterocycles. The first-order valence-corrected chi connectivity index (χ1v) is 7.66. The quantitative estimate of drug-likeness (QED) is 0.751. The minimum atomic E-state index is -0.214. The molecule has 0 N–H and O–H groups in total. The van der Waals surface area contributed by atoms with E-state index in [-0.39, 0.29) is 17.8 Å². The van der Waals surface area contributed by atoms with Gasteiger partial charge in [0.2, 0.25) is 5.91 Å². The van der Waals surface area contributed by atoms with Crippen LogP contribution in [0.25, 0.3) is 0 Å². The zero-order chi connectivity index (χ0) is 15.2. The Morgan fingerprint density at radius 2 is 2.14 bits per heavy atom. The molecule has 3 nitrogen and oxygen atoms in total. The number of nitrogens with zero attached hydrogens (tertiary/aromatic N) is 1. The van der Waals surface area contributed by atoms with Crippen molar-refractivity contribution in [2.75, 3.05) is 20.3 Å². The predicted molar refractivity (Wildman–Crippen MR) is 80.4 cm³/mol. The zero-order valence-corrected chi connectivity index (χ0v) is 12.8. The summed E-state index contributed by atoms with van der Waals surface area (Å²) in [5, 5.41) is 0. The second-order valence-corrected chi connectivity index (χ2v) is 5.87. The van der Waals surface area contributed by atoms with Gasteiger partial charge in [0.25, 0.3) is 0 Å². The number of unbranched alkanes of at least 4 members (excludes halogenated alkanes) is 1. The lowest BCUT2D eigenvalue weighted by atomic mass is 10.0. The predicted octanol–water partition coefficient (Wildman–Crippen LogP) is 3.55. The van der Waals surface area contributed by atoms with Crippen molar-refractivity contribution in [1.82, 2.24) is 4.90 Å². The molecule has 0 unspecified atom stereocenters. The van der Waals surface area contributed by atoms with Crippen LogP contribution < -0.4 is 0 Å². The highest BCUT2D eigenvalue weighted by molar-refractivity contribution is 5.77. The van der Waals surface area contributed by atoms with Crippen LogP contribution in [-0.4, -0.2) is 31.1 Å². The van der Waals surface area contributed by atoms with Gasteiger partial charge in [-0.15, -0.1) is 0 Å². The summed E-state index contributed by atoms with van der Waals surface area (Å²) >= 11 is 0. The number of likely N-dealkylation sites (tertiary alicyclic amines) is 1. The second-order valence-electron chi connectivity index (χ2n) is 5.87. The molecule has 0 radical (unpaired) electrons. The van der Waals surface area contributed by atoms with Crippen LogP contribution >= 0.6 is 0 Å². The van der Waals surface area contributed by atoms with Gasteiger partial charge >= 0.3 is 0 Å². The van der Waals surface area contributed by atoms with E-state index >= 15 is 0 Å². The van der Waals surface area contributed by atoms with Crippen molar-refractivity contribution in [3.8, 4) is 0 Å². The molecule has 0 spiro atoms. The summed E-state index contributed by atoms with van der Waals surface area (Å²) < 4.78 is 19.0. The number of halogens is 1. The van der Waals surface area contributed by atoms with Crippen molar-refractivity contribution < 1.29 is 13.9 Å².